The van der Waals surface area contributed by atoms with Crippen molar-refractivity contribution in [2.45, 2.75) is 53.0 Å². The molecule has 1 aromatic heterocycles. The molecule has 3 aromatic carbocycles. The molecule has 1 unspecified atom stereocenters. The average molecular weight is 541 g/mol. The fourth-order valence-corrected chi connectivity index (χ4v) is 6.15. The highest BCUT2D eigenvalue weighted by Gasteiger charge is 2.48. The summed E-state index contributed by atoms with van der Waals surface area (Å²) in [7, 11) is 0. The van der Waals surface area contributed by atoms with E-state index in [-0.39, 0.29) is 11.3 Å². The number of fused-ring (bicyclic) bond motifs is 1. The molecular formula is C32H32N2O4S. The van der Waals surface area contributed by atoms with Gasteiger partial charge in [-0.05, 0) is 66.6 Å². The number of aromatic nitrogens is 1. The Labute approximate surface area is 232 Å². The molecule has 1 aliphatic heterocycles. The molecule has 200 valence electrons. The maximum absolute atomic E-state index is 13.6. The molecule has 1 amide bonds. The van der Waals surface area contributed by atoms with Crippen LogP contribution < -0.4 is 9.64 Å². The van der Waals surface area contributed by atoms with E-state index in [0.717, 1.165) is 38.9 Å². The number of hydrogen-bond acceptors (Lipinski definition) is 6. The van der Waals surface area contributed by atoms with E-state index in [2.05, 4.69) is 19.9 Å². The van der Waals surface area contributed by atoms with Gasteiger partial charge in [-0.3, -0.25) is 14.5 Å². The van der Waals surface area contributed by atoms with E-state index < -0.39 is 17.7 Å². The second kappa shape index (κ2) is 10.7. The highest BCUT2D eigenvalue weighted by Crippen LogP contribution is 2.45. The van der Waals surface area contributed by atoms with Crippen molar-refractivity contribution in [2.24, 2.45) is 0 Å². The molecule has 0 bridgehead atoms. The zero-order valence-electron chi connectivity index (χ0n) is 22.8. The maximum Gasteiger partial charge on any atom is 0.301 e. The van der Waals surface area contributed by atoms with E-state index in [0.29, 0.717) is 29.0 Å². The first-order valence-corrected chi connectivity index (χ1v) is 14.0. The largest absolute Gasteiger partial charge is 0.507 e. The Hall–Kier alpha value is -3.97. The number of ketones is 1. The minimum atomic E-state index is -0.826. The average Bonchev–Trinajstić information content (AvgIpc) is 3.45. The number of Topliss-reactive ketones (excluding diaryl/α,β-unsaturated/α-hetero) is 1. The summed E-state index contributed by atoms with van der Waals surface area (Å²) in [4.78, 5) is 33.5. The molecule has 5 rings (SSSR count). The van der Waals surface area contributed by atoms with Gasteiger partial charge in [-0.25, -0.2) is 4.98 Å². The molecular weight excluding hydrogens is 508 g/mol. The molecule has 1 saturated heterocycles. The van der Waals surface area contributed by atoms with E-state index in [9.17, 15) is 14.7 Å². The van der Waals surface area contributed by atoms with E-state index in [1.165, 1.54) is 16.2 Å². The molecule has 1 N–H and O–H groups in total. The molecule has 0 aliphatic carbocycles. The highest BCUT2D eigenvalue weighted by atomic mass is 32.1. The van der Waals surface area contributed by atoms with Gasteiger partial charge in [0.25, 0.3) is 5.78 Å². The second-order valence-corrected chi connectivity index (χ2v) is 11.3. The summed E-state index contributed by atoms with van der Waals surface area (Å²) in [5.74, 6) is -0.764. The number of nitrogens with zero attached hydrogens (tertiary/aromatic N) is 2. The number of ether oxygens (including phenoxy) is 1. The number of anilines is 1. The second-order valence-electron chi connectivity index (χ2n) is 10.3. The lowest BCUT2D eigenvalue weighted by atomic mass is 9.93. The fraction of sp³-hybridized carbons (Fsp3) is 0.281. The number of hydrogen-bond donors (Lipinski definition) is 1. The zero-order chi connectivity index (χ0) is 27.8. The Morgan fingerprint density at radius 3 is 2.51 bits per heavy atom. The van der Waals surface area contributed by atoms with Crippen molar-refractivity contribution in [1.29, 1.82) is 0 Å². The third-order valence-electron chi connectivity index (χ3n) is 6.97. The molecule has 0 saturated carbocycles. The Kier molecular flexibility index (Phi) is 7.28. The van der Waals surface area contributed by atoms with E-state index >= 15 is 0 Å². The third-order valence-corrected chi connectivity index (χ3v) is 7.97. The first-order valence-electron chi connectivity index (χ1n) is 13.2. The smallest absolute Gasteiger partial charge is 0.301 e. The van der Waals surface area contributed by atoms with Gasteiger partial charge in [0.05, 0.1) is 28.4 Å². The lowest BCUT2D eigenvalue weighted by Gasteiger charge is -2.23. The first kappa shape index (κ1) is 26.6. The number of aryl methyl sites for hydroxylation is 2. The zero-order valence-corrected chi connectivity index (χ0v) is 23.6. The van der Waals surface area contributed by atoms with Crippen LogP contribution in [0.5, 0.6) is 5.75 Å². The van der Waals surface area contributed by atoms with Crippen LogP contribution in [0.1, 0.15) is 67.0 Å². The number of benzene rings is 3. The van der Waals surface area contributed by atoms with E-state index in [1.807, 2.05) is 51.1 Å². The summed E-state index contributed by atoms with van der Waals surface area (Å²) in [6.07, 6.45) is 0.842. The summed E-state index contributed by atoms with van der Waals surface area (Å²) in [5, 5.41) is 12.0. The summed E-state index contributed by atoms with van der Waals surface area (Å²) in [6.45, 7) is 10.8. The predicted molar refractivity (Wildman–Crippen MR) is 157 cm³/mol. The van der Waals surface area contributed by atoms with Crippen LogP contribution in [0.15, 0.2) is 66.2 Å². The van der Waals surface area contributed by atoms with Crippen LogP contribution in [-0.2, 0) is 9.59 Å². The van der Waals surface area contributed by atoms with Gasteiger partial charge in [-0.2, -0.15) is 0 Å². The molecule has 1 atom stereocenters. The Morgan fingerprint density at radius 2 is 1.82 bits per heavy atom. The Morgan fingerprint density at radius 1 is 1.08 bits per heavy atom. The van der Waals surface area contributed by atoms with Gasteiger partial charge in [-0.1, -0.05) is 74.6 Å². The predicted octanol–water partition coefficient (Wildman–Crippen LogP) is 7.45. The molecule has 1 aliphatic rings. The van der Waals surface area contributed by atoms with Gasteiger partial charge in [0, 0.05) is 5.56 Å². The van der Waals surface area contributed by atoms with Crippen molar-refractivity contribution in [2.75, 3.05) is 11.5 Å². The summed E-state index contributed by atoms with van der Waals surface area (Å²) >= 11 is 1.37. The third kappa shape index (κ3) is 4.94. The number of rotatable bonds is 7. The fourth-order valence-electron chi connectivity index (χ4n) is 4.98. The number of aliphatic hydroxyl groups is 1. The van der Waals surface area contributed by atoms with Crippen LogP contribution in [0.25, 0.3) is 16.0 Å². The van der Waals surface area contributed by atoms with Crippen LogP contribution in [0.2, 0.25) is 0 Å². The molecule has 7 heteroatoms. The van der Waals surface area contributed by atoms with Crippen LogP contribution in [-0.4, -0.2) is 28.4 Å². The normalized spacial score (nSPS) is 17.0. The monoisotopic (exact) mass is 540 g/mol. The van der Waals surface area contributed by atoms with Gasteiger partial charge in [0.1, 0.15) is 11.5 Å². The molecule has 2 heterocycles. The molecule has 1 fully saturated rings. The minimum Gasteiger partial charge on any atom is -0.507 e. The van der Waals surface area contributed by atoms with Crippen LogP contribution >= 0.6 is 11.3 Å². The van der Waals surface area contributed by atoms with Gasteiger partial charge < -0.3 is 9.84 Å². The SMILES string of the molecule is CCCOc1cccc(C(O)=C2C(=O)C(=O)N(c3nc4c(C)cc(C)cc4s3)C2c2ccc(C(C)C)cc2)c1. The van der Waals surface area contributed by atoms with Gasteiger partial charge >= 0.3 is 5.91 Å². The van der Waals surface area contributed by atoms with Crippen LogP contribution in [0.3, 0.4) is 0 Å². The summed E-state index contributed by atoms with van der Waals surface area (Å²) < 4.78 is 6.69. The molecule has 0 spiro atoms. The van der Waals surface area contributed by atoms with Gasteiger partial charge in [0.15, 0.2) is 5.13 Å². The topological polar surface area (TPSA) is 79.7 Å². The van der Waals surface area contributed by atoms with Gasteiger partial charge in [-0.15, -0.1) is 0 Å². The van der Waals surface area contributed by atoms with Crippen molar-refractivity contribution >= 4 is 44.1 Å². The molecule has 6 nitrogen and oxygen atoms in total. The Balaban J connectivity index is 1.69. The van der Waals surface area contributed by atoms with Gasteiger partial charge in [0.2, 0.25) is 0 Å². The minimum absolute atomic E-state index is 0.0390. The van der Waals surface area contributed by atoms with E-state index in [1.54, 1.807) is 24.3 Å². The number of aliphatic hydroxyl groups excluding tert-OH is 1. The van der Waals surface area contributed by atoms with Crippen LogP contribution in [0.4, 0.5) is 5.13 Å². The number of amides is 1. The number of carbonyl (C=O) groups is 2. The number of carbonyl (C=O) groups excluding carboxylic acids is 2. The van der Waals surface area contributed by atoms with Crippen molar-refractivity contribution in [3.8, 4) is 5.75 Å². The van der Waals surface area contributed by atoms with Crippen LogP contribution in [0, 0.1) is 13.8 Å². The molecule has 39 heavy (non-hydrogen) atoms. The lowest BCUT2D eigenvalue weighted by molar-refractivity contribution is -0.132. The van der Waals surface area contributed by atoms with Crippen molar-refractivity contribution in [3.63, 3.8) is 0 Å². The standard InChI is InChI=1S/C32H32N2O4S/c1-6-14-38-24-9-7-8-23(17-24)29(35)26-28(22-12-10-21(11-13-22)18(2)3)34(31(37)30(26)36)32-33-27-20(5)15-19(4)16-25(27)39-32/h7-13,15-18,28,35H,6,14H2,1-5H3. The Bertz CT molecular complexity index is 1600. The highest BCUT2D eigenvalue weighted by molar-refractivity contribution is 7.22. The first-order chi connectivity index (χ1) is 18.7. The molecule has 4 aromatic rings. The quantitative estimate of drug-likeness (QED) is 0.150. The van der Waals surface area contributed by atoms with E-state index in [4.69, 9.17) is 9.72 Å². The van der Waals surface area contributed by atoms with Crippen molar-refractivity contribution < 1.29 is 19.4 Å². The lowest BCUT2D eigenvalue weighted by Crippen LogP contribution is -2.29. The molecule has 0 radical (unpaired) electrons. The van der Waals surface area contributed by atoms with Crippen molar-refractivity contribution in [3.05, 3.63) is 94.1 Å². The summed E-state index contributed by atoms with van der Waals surface area (Å²) in [5.41, 5.74) is 5.23. The number of thiazole rings is 1. The summed E-state index contributed by atoms with van der Waals surface area (Å²) in [6, 6.07) is 18.1. The maximum atomic E-state index is 13.6. The van der Waals surface area contributed by atoms with Crippen molar-refractivity contribution in [1.82, 2.24) is 4.98 Å².